The molecule has 1 N–H and O–H groups in total. The second-order valence-electron chi connectivity index (χ2n) is 5.06. The van der Waals surface area contributed by atoms with Gasteiger partial charge in [-0.3, -0.25) is 0 Å². The van der Waals surface area contributed by atoms with Crippen LogP contribution in [0.5, 0.6) is 5.75 Å². The van der Waals surface area contributed by atoms with Gasteiger partial charge in [-0.1, -0.05) is 25.3 Å². The van der Waals surface area contributed by atoms with Crippen LogP contribution in [0.15, 0.2) is 18.2 Å². The third-order valence-corrected chi connectivity index (χ3v) is 3.97. The highest BCUT2D eigenvalue weighted by Gasteiger charge is 2.24. The summed E-state index contributed by atoms with van der Waals surface area (Å²) in [6.07, 6.45) is 6.47. The maximum absolute atomic E-state index is 13.4. The Labute approximate surface area is 109 Å². The first-order chi connectivity index (χ1) is 8.76. The predicted molar refractivity (Wildman–Crippen MR) is 71.3 cm³/mol. The van der Waals surface area contributed by atoms with Crippen molar-refractivity contribution in [2.45, 2.75) is 38.1 Å². The van der Waals surface area contributed by atoms with Crippen LogP contribution in [-0.4, -0.2) is 14.2 Å². The van der Waals surface area contributed by atoms with E-state index in [1.54, 1.807) is 0 Å². The first kappa shape index (κ1) is 13.3. The molecule has 2 rings (SSSR count). The molecule has 0 aromatic heterocycles. The number of methoxy groups -OCH3 is 1. The number of nitrogens with one attached hydrogen (secondary N) is 1. The molecule has 0 heterocycles. The molecular formula is C15H22FNO. The van der Waals surface area contributed by atoms with E-state index in [2.05, 4.69) is 5.32 Å². The van der Waals surface area contributed by atoms with E-state index in [9.17, 15) is 4.39 Å². The van der Waals surface area contributed by atoms with Crippen LogP contribution in [0.2, 0.25) is 0 Å². The SMILES string of the molecule is CNC(c1ccc(F)c(OC)c1)C1CCCCC1. The van der Waals surface area contributed by atoms with Gasteiger partial charge in [0.1, 0.15) is 0 Å². The number of ether oxygens (including phenoxy) is 1. The smallest absolute Gasteiger partial charge is 0.165 e. The number of hydrogen-bond acceptors (Lipinski definition) is 2. The van der Waals surface area contributed by atoms with Crippen LogP contribution in [-0.2, 0) is 0 Å². The summed E-state index contributed by atoms with van der Waals surface area (Å²) in [6.45, 7) is 0. The van der Waals surface area contributed by atoms with E-state index in [0.29, 0.717) is 17.7 Å². The first-order valence-corrected chi connectivity index (χ1v) is 6.77. The van der Waals surface area contributed by atoms with Crippen LogP contribution in [0.25, 0.3) is 0 Å². The van der Waals surface area contributed by atoms with Crippen molar-refractivity contribution in [1.29, 1.82) is 0 Å². The molecule has 1 aliphatic carbocycles. The molecule has 0 spiro atoms. The summed E-state index contributed by atoms with van der Waals surface area (Å²) in [5.74, 6) is 0.697. The molecule has 0 saturated heterocycles. The fourth-order valence-corrected chi connectivity index (χ4v) is 3.01. The van der Waals surface area contributed by atoms with Gasteiger partial charge in [0.25, 0.3) is 0 Å². The topological polar surface area (TPSA) is 21.3 Å². The zero-order chi connectivity index (χ0) is 13.0. The van der Waals surface area contributed by atoms with Crippen molar-refractivity contribution >= 4 is 0 Å². The fraction of sp³-hybridized carbons (Fsp3) is 0.600. The van der Waals surface area contributed by atoms with Crippen molar-refractivity contribution in [2.75, 3.05) is 14.2 Å². The van der Waals surface area contributed by atoms with E-state index in [1.165, 1.54) is 45.3 Å². The summed E-state index contributed by atoms with van der Waals surface area (Å²) in [4.78, 5) is 0. The number of benzene rings is 1. The summed E-state index contributed by atoms with van der Waals surface area (Å²) < 4.78 is 18.5. The summed E-state index contributed by atoms with van der Waals surface area (Å²) >= 11 is 0. The standard InChI is InChI=1S/C15H22FNO/c1-17-15(11-6-4-3-5-7-11)12-8-9-13(16)14(10-12)18-2/h8-11,15,17H,3-7H2,1-2H3. The van der Waals surface area contributed by atoms with Gasteiger partial charge in [-0.15, -0.1) is 0 Å². The zero-order valence-electron chi connectivity index (χ0n) is 11.2. The van der Waals surface area contributed by atoms with Crippen molar-refractivity contribution in [3.63, 3.8) is 0 Å². The Morgan fingerprint density at radius 2 is 2.00 bits per heavy atom. The molecule has 1 aromatic carbocycles. The molecule has 0 aliphatic heterocycles. The van der Waals surface area contributed by atoms with Crippen molar-refractivity contribution in [1.82, 2.24) is 5.32 Å². The molecule has 0 radical (unpaired) electrons. The lowest BCUT2D eigenvalue weighted by atomic mass is 9.81. The number of hydrogen-bond donors (Lipinski definition) is 1. The van der Waals surface area contributed by atoms with Crippen molar-refractivity contribution in [2.24, 2.45) is 5.92 Å². The lowest BCUT2D eigenvalue weighted by Gasteiger charge is -2.30. The van der Waals surface area contributed by atoms with Gasteiger partial charge >= 0.3 is 0 Å². The minimum Gasteiger partial charge on any atom is -0.494 e. The van der Waals surface area contributed by atoms with Gasteiger partial charge in [0.05, 0.1) is 7.11 Å². The monoisotopic (exact) mass is 251 g/mol. The normalized spacial score (nSPS) is 18.6. The molecule has 0 bridgehead atoms. The third-order valence-electron chi connectivity index (χ3n) is 3.97. The summed E-state index contributed by atoms with van der Waals surface area (Å²) in [5, 5.41) is 3.38. The van der Waals surface area contributed by atoms with E-state index < -0.39 is 0 Å². The van der Waals surface area contributed by atoms with Crippen LogP contribution in [0, 0.1) is 11.7 Å². The highest BCUT2D eigenvalue weighted by Crippen LogP contribution is 2.35. The largest absolute Gasteiger partial charge is 0.494 e. The summed E-state index contributed by atoms with van der Waals surface area (Å²) in [7, 11) is 3.49. The molecule has 1 saturated carbocycles. The Balaban J connectivity index is 2.20. The van der Waals surface area contributed by atoms with Crippen molar-refractivity contribution in [3.05, 3.63) is 29.6 Å². The zero-order valence-corrected chi connectivity index (χ0v) is 11.2. The molecule has 0 amide bonds. The maximum Gasteiger partial charge on any atom is 0.165 e. The molecule has 1 atom stereocenters. The van der Waals surface area contributed by atoms with Crippen molar-refractivity contribution < 1.29 is 9.13 Å². The molecule has 100 valence electrons. The molecule has 1 aliphatic rings. The Morgan fingerprint density at radius 3 is 2.61 bits per heavy atom. The molecular weight excluding hydrogens is 229 g/mol. The van der Waals surface area contributed by atoms with Gasteiger partial charge in [0.2, 0.25) is 0 Å². The van der Waals surface area contributed by atoms with Crippen LogP contribution in [0.1, 0.15) is 43.7 Å². The second-order valence-corrected chi connectivity index (χ2v) is 5.06. The van der Waals surface area contributed by atoms with Crippen molar-refractivity contribution in [3.8, 4) is 5.75 Å². The van der Waals surface area contributed by atoms with E-state index in [0.717, 1.165) is 5.56 Å². The van der Waals surface area contributed by atoms with Gasteiger partial charge in [0, 0.05) is 6.04 Å². The second kappa shape index (κ2) is 6.19. The Bertz CT molecular complexity index is 388. The van der Waals surface area contributed by atoms with Gasteiger partial charge < -0.3 is 10.1 Å². The highest BCUT2D eigenvalue weighted by molar-refractivity contribution is 5.32. The molecule has 2 nitrogen and oxygen atoms in total. The minimum atomic E-state index is -0.292. The Morgan fingerprint density at radius 1 is 1.28 bits per heavy atom. The van der Waals surface area contributed by atoms with Gasteiger partial charge in [0.15, 0.2) is 11.6 Å². The third kappa shape index (κ3) is 2.83. The quantitative estimate of drug-likeness (QED) is 0.881. The van der Waals surface area contributed by atoms with E-state index in [-0.39, 0.29) is 5.82 Å². The first-order valence-electron chi connectivity index (χ1n) is 6.77. The minimum absolute atomic E-state index is 0.292. The number of rotatable bonds is 4. The van der Waals surface area contributed by atoms with E-state index in [1.807, 2.05) is 19.2 Å². The van der Waals surface area contributed by atoms with Crippen LogP contribution >= 0.6 is 0 Å². The average Bonchev–Trinajstić information content (AvgIpc) is 2.42. The average molecular weight is 251 g/mol. The van der Waals surface area contributed by atoms with Crippen LogP contribution < -0.4 is 10.1 Å². The fourth-order valence-electron chi connectivity index (χ4n) is 3.01. The van der Waals surface area contributed by atoms with Gasteiger partial charge in [-0.25, -0.2) is 4.39 Å². The Kier molecular flexibility index (Phi) is 4.59. The Hall–Kier alpha value is -1.09. The lowest BCUT2D eigenvalue weighted by Crippen LogP contribution is -2.27. The number of halogens is 1. The van der Waals surface area contributed by atoms with Gasteiger partial charge in [-0.05, 0) is 43.5 Å². The molecule has 3 heteroatoms. The van der Waals surface area contributed by atoms with E-state index >= 15 is 0 Å². The molecule has 1 aromatic rings. The summed E-state index contributed by atoms with van der Waals surface area (Å²) in [5.41, 5.74) is 1.13. The summed E-state index contributed by atoms with van der Waals surface area (Å²) in [6, 6.07) is 5.50. The van der Waals surface area contributed by atoms with Crippen LogP contribution in [0.4, 0.5) is 4.39 Å². The lowest BCUT2D eigenvalue weighted by molar-refractivity contribution is 0.280. The molecule has 1 fully saturated rings. The van der Waals surface area contributed by atoms with Crippen LogP contribution in [0.3, 0.4) is 0 Å². The maximum atomic E-state index is 13.4. The predicted octanol–water partition coefficient (Wildman–Crippen LogP) is 3.68. The highest BCUT2D eigenvalue weighted by atomic mass is 19.1. The van der Waals surface area contributed by atoms with Gasteiger partial charge in [-0.2, -0.15) is 0 Å². The molecule has 1 unspecified atom stereocenters. The molecule has 18 heavy (non-hydrogen) atoms. The van der Waals surface area contributed by atoms with E-state index in [4.69, 9.17) is 4.74 Å².